The van der Waals surface area contributed by atoms with Gasteiger partial charge in [-0.15, -0.1) is 0 Å². The fourth-order valence-corrected chi connectivity index (χ4v) is 2.38. The highest BCUT2D eigenvalue weighted by Crippen LogP contribution is 2.22. The zero-order chi connectivity index (χ0) is 14.3. The van der Waals surface area contributed by atoms with Crippen LogP contribution in [0.25, 0.3) is 0 Å². The fraction of sp³-hybridized carbons (Fsp3) is 0.417. The molecule has 1 aromatic rings. The highest BCUT2D eigenvalue weighted by molar-refractivity contribution is 7.98. The Labute approximate surface area is 115 Å². The Kier molecular flexibility index (Phi) is 6.48. The zero-order valence-corrected chi connectivity index (χ0v) is 11.4. The lowest BCUT2D eigenvalue weighted by Crippen LogP contribution is -2.15. The molecule has 0 fully saturated rings. The molecule has 0 aliphatic rings. The number of rotatable bonds is 7. The Morgan fingerprint density at radius 2 is 2.26 bits per heavy atom. The standard InChI is InChI=1S/C12H18N2O4S/c1-18-11-3-2-8(4-10(11)12(13)14-17)6-19-7-9(16)5-15/h2-4,9,15-17H,5-7H2,1H3,(H2,13,14). The number of thioether (sulfide) groups is 1. The Hall–Kier alpha value is -1.44. The molecule has 0 heterocycles. The molecule has 0 saturated heterocycles. The van der Waals surface area contributed by atoms with Crippen molar-refractivity contribution in [3.63, 3.8) is 0 Å². The molecule has 106 valence electrons. The van der Waals surface area contributed by atoms with Gasteiger partial charge in [0.05, 0.1) is 25.4 Å². The summed E-state index contributed by atoms with van der Waals surface area (Å²) in [7, 11) is 1.51. The minimum absolute atomic E-state index is 0.0147. The van der Waals surface area contributed by atoms with Crippen molar-refractivity contribution in [2.75, 3.05) is 19.5 Å². The maximum Gasteiger partial charge on any atom is 0.173 e. The predicted molar refractivity (Wildman–Crippen MR) is 74.8 cm³/mol. The topological polar surface area (TPSA) is 108 Å². The summed E-state index contributed by atoms with van der Waals surface area (Å²) in [4.78, 5) is 0. The van der Waals surface area contributed by atoms with Gasteiger partial charge in [0.2, 0.25) is 0 Å². The van der Waals surface area contributed by atoms with E-state index >= 15 is 0 Å². The Morgan fingerprint density at radius 1 is 1.53 bits per heavy atom. The van der Waals surface area contributed by atoms with Crippen LogP contribution in [0.2, 0.25) is 0 Å². The van der Waals surface area contributed by atoms with Gasteiger partial charge >= 0.3 is 0 Å². The fourth-order valence-electron chi connectivity index (χ4n) is 1.46. The summed E-state index contributed by atoms with van der Waals surface area (Å²) in [5.74, 6) is 1.60. The average Bonchev–Trinajstić information content (AvgIpc) is 2.45. The van der Waals surface area contributed by atoms with Gasteiger partial charge in [0.25, 0.3) is 0 Å². The molecule has 7 heteroatoms. The molecule has 19 heavy (non-hydrogen) atoms. The molecule has 0 bridgehead atoms. The van der Waals surface area contributed by atoms with Crippen molar-refractivity contribution in [1.82, 2.24) is 0 Å². The molecule has 6 nitrogen and oxygen atoms in total. The maximum absolute atomic E-state index is 9.24. The summed E-state index contributed by atoms with van der Waals surface area (Å²) >= 11 is 1.49. The number of hydrogen-bond acceptors (Lipinski definition) is 6. The van der Waals surface area contributed by atoms with Crippen LogP contribution in [-0.2, 0) is 5.75 Å². The van der Waals surface area contributed by atoms with Crippen LogP contribution in [0, 0.1) is 0 Å². The van der Waals surface area contributed by atoms with Crippen molar-refractivity contribution in [3.8, 4) is 5.75 Å². The maximum atomic E-state index is 9.24. The molecular formula is C12H18N2O4S. The first-order valence-corrected chi connectivity index (χ1v) is 6.79. The molecule has 1 aromatic carbocycles. The minimum atomic E-state index is -0.716. The van der Waals surface area contributed by atoms with E-state index < -0.39 is 6.10 Å². The van der Waals surface area contributed by atoms with Crippen LogP contribution in [0.3, 0.4) is 0 Å². The van der Waals surface area contributed by atoms with Crippen LogP contribution in [0.1, 0.15) is 11.1 Å². The molecule has 0 spiro atoms. The molecule has 1 rings (SSSR count). The van der Waals surface area contributed by atoms with Crippen LogP contribution >= 0.6 is 11.8 Å². The van der Waals surface area contributed by atoms with Crippen molar-refractivity contribution >= 4 is 17.6 Å². The second-order valence-corrected chi connectivity index (χ2v) is 4.90. The van der Waals surface area contributed by atoms with Gasteiger partial charge in [-0.05, 0) is 17.7 Å². The van der Waals surface area contributed by atoms with E-state index in [4.69, 9.17) is 20.8 Å². The molecule has 1 unspecified atom stereocenters. The lowest BCUT2D eigenvalue weighted by molar-refractivity contribution is 0.113. The lowest BCUT2D eigenvalue weighted by Gasteiger charge is -2.10. The normalized spacial score (nSPS) is 13.3. The Balaban J connectivity index is 2.75. The summed E-state index contributed by atoms with van der Waals surface area (Å²) in [6.07, 6.45) is -0.716. The van der Waals surface area contributed by atoms with Crippen molar-refractivity contribution in [3.05, 3.63) is 29.3 Å². The molecule has 0 aromatic heterocycles. The summed E-state index contributed by atoms with van der Waals surface area (Å²) in [6, 6.07) is 5.38. The van der Waals surface area contributed by atoms with Gasteiger partial charge in [-0.25, -0.2) is 0 Å². The largest absolute Gasteiger partial charge is 0.496 e. The van der Waals surface area contributed by atoms with Gasteiger partial charge in [0, 0.05) is 11.5 Å². The van der Waals surface area contributed by atoms with E-state index in [9.17, 15) is 5.11 Å². The van der Waals surface area contributed by atoms with E-state index in [1.807, 2.05) is 6.07 Å². The molecule has 5 N–H and O–H groups in total. The number of nitrogens with zero attached hydrogens (tertiary/aromatic N) is 1. The Bertz CT molecular complexity index is 440. The van der Waals surface area contributed by atoms with Crippen LogP contribution in [0.5, 0.6) is 5.75 Å². The van der Waals surface area contributed by atoms with Gasteiger partial charge in [-0.1, -0.05) is 11.2 Å². The van der Waals surface area contributed by atoms with Crippen molar-refractivity contribution < 1.29 is 20.2 Å². The number of oxime groups is 1. The van der Waals surface area contributed by atoms with Crippen LogP contribution < -0.4 is 10.5 Å². The number of methoxy groups -OCH3 is 1. The number of aliphatic hydroxyl groups excluding tert-OH is 2. The van der Waals surface area contributed by atoms with Gasteiger partial charge in [0.15, 0.2) is 5.84 Å². The van der Waals surface area contributed by atoms with Crippen LogP contribution in [0.4, 0.5) is 0 Å². The van der Waals surface area contributed by atoms with E-state index in [-0.39, 0.29) is 12.4 Å². The van der Waals surface area contributed by atoms with Crippen molar-refractivity contribution in [2.24, 2.45) is 10.9 Å². The molecular weight excluding hydrogens is 268 g/mol. The third-order valence-electron chi connectivity index (χ3n) is 2.44. The monoisotopic (exact) mass is 286 g/mol. The Morgan fingerprint density at radius 3 is 2.84 bits per heavy atom. The number of aliphatic hydroxyl groups is 2. The summed E-state index contributed by atoms with van der Waals surface area (Å²) in [5, 5.41) is 29.6. The van der Waals surface area contributed by atoms with Crippen LogP contribution in [0.15, 0.2) is 23.4 Å². The first-order valence-electron chi connectivity index (χ1n) is 5.63. The molecule has 0 aliphatic carbocycles. The molecule has 0 radical (unpaired) electrons. The molecule has 0 amide bonds. The number of amidine groups is 1. The predicted octanol–water partition coefficient (Wildman–Crippen LogP) is 0.376. The highest BCUT2D eigenvalue weighted by Gasteiger charge is 2.09. The molecule has 1 atom stereocenters. The van der Waals surface area contributed by atoms with E-state index in [1.165, 1.54) is 18.9 Å². The minimum Gasteiger partial charge on any atom is -0.496 e. The first-order chi connectivity index (χ1) is 9.12. The number of hydrogen-bond donors (Lipinski definition) is 4. The van der Waals surface area contributed by atoms with E-state index in [0.717, 1.165) is 5.56 Å². The van der Waals surface area contributed by atoms with Gasteiger partial charge in [0.1, 0.15) is 5.75 Å². The SMILES string of the molecule is COc1ccc(CSCC(O)CO)cc1C(N)=NO. The van der Waals surface area contributed by atoms with Crippen LogP contribution in [-0.4, -0.2) is 46.8 Å². The van der Waals surface area contributed by atoms with Crippen molar-refractivity contribution in [2.45, 2.75) is 11.9 Å². The quantitative estimate of drug-likeness (QED) is 0.250. The first kappa shape index (κ1) is 15.6. The number of ether oxygens (including phenoxy) is 1. The second kappa shape index (κ2) is 7.88. The van der Waals surface area contributed by atoms with E-state index in [0.29, 0.717) is 22.8 Å². The van der Waals surface area contributed by atoms with E-state index in [1.54, 1.807) is 12.1 Å². The van der Waals surface area contributed by atoms with Gasteiger partial charge < -0.3 is 25.9 Å². The second-order valence-electron chi connectivity index (χ2n) is 3.87. The highest BCUT2D eigenvalue weighted by atomic mass is 32.2. The van der Waals surface area contributed by atoms with Gasteiger partial charge in [-0.2, -0.15) is 11.8 Å². The summed E-state index contributed by atoms with van der Waals surface area (Å²) in [6.45, 7) is -0.245. The lowest BCUT2D eigenvalue weighted by atomic mass is 10.1. The van der Waals surface area contributed by atoms with Crippen molar-refractivity contribution in [1.29, 1.82) is 0 Å². The zero-order valence-electron chi connectivity index (χ0n) is 10.6. The van der Waals surface area contributed by atoms with E-state index in [2.05, 4.69) is 5.16 Å². The third kappa shape index (κ3) is 4.62. The average molecular weight is 286 g/mol. The number of nitrogens with two attached hydrogens (primary N) is 1. The number of benzene rings is 1. The van der Waals surface area contributed by atoms with Gasteiger partial charge in [-0.3, -0.25) is 0 Å². The third-order valence-corrected chi connectivity index (χ3v) is 3.60. The smallest absolute Gasteiger partial charge is 0.173 e. The molecule has 0 aliphatic heterocycles. The summed E-state index contributed by atoms with van der Waals surface area (Å²) < 4.78 is 5.13. The summed E-state index contributed by atoms with van der Waals surface area (Å²) in [5.41, 5.74) is 7.05. The molecule has 0 saturated carbocycles.